The van der Waals surface area contributed by atoms with Crippen molar-refractivity contribution < 1.29 is 14.7 Å². The first-order chi connectivity index (χ1) is 17.4. The highest BCUT2D eigenvalue weighted by molar-refractivity contribution is 6.30. The second-order valence-corrected chi connectivity index (χ2v) is 9.65. The van der Waals surface area contributed by atoms with Crippen molar-refractivity contribution in [3.8, 4) is 0 Å². The molecule has 1 amide bonds. The number of aryl methyl sites for hydroxylation is 2. The molecular formula is C28H27ClN4O3. The number of halogens is 1. The molecule has 0 radical (unpaired) electrons. The lowest BCUT2D eigenvalue weighted by atomic mass is 9.83. The topological polar surface area (TPSA) is 88.3 Å². The normalized spacial score (nSPS) is 14.0. The summed E-state index contributed by atoms with van der Waals surface area (Å²) in [6.07, 6.45) is 0.712. The number of aromatic nitrogens is 3. The predicted octanol–water partition coefficient (Wildman–Crippen LogP) is 5.22. The molecule has 2 heterocycles. The minimum absolute atomic E-state index is 0.0369. The molecule has 5 rings (SSSR count). The summed E-state index contributed by atoms with van der Waals surface area (Å²) in [4.78, 5) is 26.8. The van der Waals surface area contributed by atoms with Gasteiger partial charge in [0.1, 0.15) is 5.52 Å². The molecular weight excluding hydrogens is 476 g/mol. The van der Waals surface area contributed by atoms with Crippen LogP contribution in [0.15, 0.2) is 54.6 Å². The molecule has 0 saturated carbocycles. The Morgan fingerprint density at radius 1 is 1.08 bits per heavy atom. The third-order valence-corrected chi connectivity index (χ3v) is 7.31. The zero-order valence-electron chi connectivity index (χ0n) is 20.2. The zero-order valence-corrected chi connectivity index (χ0v) is 21.0. The maximum atomic E-state index is 13.1. The number of hydrogen-bond acceptors (Lipinski definition) is 4. The third kappa shape index (κ3) is 4.46. The summed E-state index contributed by atoms with van der Waals surface area (Å²) < 4.78 is 1.84. The van der Waals surface area contributed by atoms with Gasteiger partial charge in [-0.1, -0.05) is 41.1 Å². The number of fused-ring (bicyclic) bond motifs is 2. The molecule has 1 atom stereocenters. The number of aliphatic carboxylic acids is 1. The van der Waals surface area contributed by atoms with E-state index in [0.29, 0.717) is 30.2 Å². The second kappa shape index (κ2) is 9.74. The van der Waals surface area contributed by atoms with Crippen molar-refractivity contribution in [1.29, 1.82) is 0 Å². The van der Waals surface area contributed by atoms with Gasteiger partial charge in [0, 0.05) is 36.1 Å². The van der Waals surface area contributed by atoms with Crippen LogP contribution in [-0.2, 0) is 24.3 Å². The Bertz CT molecular complexity index is 1460. The van der Waals surface area contributed by atoms with Crippen molar-refractivity contribution >= 4 is 34.5 Å². The van der Waals surface area contributed by atoms with Crippen LogP contribution in [0.1, 0.15) is 57.4 Å². The van der Waals surface area contributed by atoms with Gasteiger partial charge in [0.15, 0.2) is 0 Å². The summed E-state index contributed by atoms with van der Waals surface area (Å²) in [6, 6.07) is 17.1. The molecule has 184 valence electrons. The average Bonchev–Trinajstić information content (AvgIpc) is 3.31. The maximum Gasteiger partial charge on any atom is 0.304 e. The maximum absolute atomic E-state index is 13.1. The van der Waals surface area contributed by atoms with Gasteiger partial charge in [-0.15, -0.1) is 5.10 Å². The molecule has 1 aliphatic rings. The van der Waals surface area contributed by atoms with Crippen molar-refractivity contribution in [2.75, 3.05) is 6.54 Å². The van der Waals surface area contributed by atoms with Crippen LogP contribution in [0, 0.1) is 6.92 Å². The molecule has 0 bridgehead atoms. The second-order valence-electron chi connectivity index (χ2n) is 9.21. The number of carbonyl (C=O) groups is 2. The first kappa shape index (κ1) is 24.0. The SMILES string of the molecule is CCn1nnc2c(C)c(C(CC(=O)O)c3ccc4c(c3)CN(C(=O)c3ccc(Cl)cc3)CC4)ccc21. The summed E-state index contributed by atoms with van der Waals surface area (Å²) >= 11 is 5.98. The zero-order chi connectivity index (χ0) is 25.4. The first-order valence-electron chi connectivity index (χ1n) is 12.1. The van der Waals surface area contributed by atoms with E-state index < -0.39 is 5.97 Å². The predicted molar refractivity (Wildman–Crippen MR) is 138 cm³/mol. The molecule has 0 aliphatic carbocycles. The van der Waals surface area contributed by atoms with E-state index in [9.17, 15) is 14.7 Å². The number of amides is 1. The summed E-state index contributed by atoms with van der Waals surface area (Å²) in [6.45, 7) is 5.82. The van der Waals surface area contributed by atoms with Crippen LogP contribution in [0.2, 0.25) is 5.02 Å². The van der Waals surface area contributed by atoms with Crippen LogP contribution in [0.25, 0.3) is 11.0 Å². The minimum Gasteiger partial charge on any atom is -0.481 e. The smallest absolute Gasteiger partial charge is 0.304 e. The van der Waals surface area contributed by atoms with Crippen LogP contribution in [0.5, 0.6) is 0 Å². The van der Waals surface area contributed by atoms with Crippen LogP contribution in [0.4, 0.5) is 0 Å². The lowest BCUT2D eigenvalue weighted by molar-refractivity contribution is -0.137. The van der Waals surface area contributed by atoms with Gasteiger partial charge in [-0.05, 0) is 78.4 Å². The van der Waals surface area contributed by atoms with E-state index in [4.69, 9.17) is 11.6 Å². The monoisotopic (exact) mass is 502 g/mol. The highest BCUT2D eigenvalue weighted by Crippen LogP contribution is 2.35. The highest BCUT2D eigenvalue weighted by Gasteiger charge is 2.26. The van der Waals surface area contributed by atoms with Gasteiger partial charge < -0.3 is 10.0 Å². The van der Waals surface area contributed by atoms with E-state index in [2.05, 4.69) is 22.4 Å². The van der Waals surface area contributed by atoms with Gasteiger partial charge >= 0.3 is 5.97 Å². The largest absolute Gasteiger partial charge is 0.481 e. The Hall–Kier alpha value is -3.71. The molecule has 8 heteroatoms. The third-order valence-electron chi connectivity index (χ3n) is 7.06. The molecule has 0 fully saturated rings. The molecule has 1 unspecified atom stereocenters. The molecule has 1 N–H and O–H groups in total. The van der Waals surface area contributed by atoms with E-state index in [1.165, 1.54) is 5.56 Å². The molecule has 1 aromatic heterocycles. The molecule has 1 aliphatic heterocycles. The van der Waals surface area contributed by atoms with Crippen LogP contribution in [-0.4, -0.2) is 43.4 Å². The molecule has 36 heavy (non-hydrogen) atoms. The number of carbonyl (C=O) groups excluding carboxylic acids is 1. The quantitative estimate of drug-likeness (QED) is 0.390. The van der Waals surface area contributed by atoms with Crippen LogP contribution >= 0.6 is 11.6 Å². The van der Waals surface area contributed by atoms with E-state index in [-0.39, 0.29) is 18.2 Å². The molecule has 4 aromatic rings. The molecule has 7 nitrogen and oxygen atoms in total. The van der Waals surface area contributed by atoms with Crippen molar-refractivity contribution in [1.82, 2.24) is 19.9 Å². The molecule has 0 spiro atoms. The highest BCUT2D eigenvalue weighted by atomic mass is 35.5. The summed E-state index contributed by atoms with van der Waals surface area (Å²) in [7, 11) is 0. The minimum atomic E-state index is -0.867. The Labute approximate surface area is 214 Å². The number of carboxylic acids is 1. The fraction of sp³-hybridized carbons (Fsp3) is 0.286. The summed E-state index contributed by atoms with van der Waals surface area (Å²) in [5.41, 5.74) is 7.36. The molecule has 0 saturated heterocycles. The Morgan fingerprint density at radius 3 is 2.58 bits per heavy atom. The van der Waals surface area contributed by atoms with E-state index in [1.807, 2.05) is 41.6 Å². The standard InChI is InChI=1S/C28H27ClN4O3/c1-3-33-25-11-10-23(17(2)27(25)30-31-33)24(15-26(34)35)20-5-4-18-12-13-32(16-21(18)14-20)28(36)19-6-8-22(29)9-7-19/h4-11,14,24H,3,12-13,15-16H2,1-2H3,(H,34,35). The van der Waals surface area contributed by atoms with Gasteiger partial charge in [-0.3, -0.25) is 9.59 Å². The number of benzene rings is 3. The van der Waals surface area contributed by atoms with E-state index >= 15 is 0 Å². The average molecular weight is 503 g/mol. The fourth-order valence-corrected chi connectivity index (χ4v) is 5.24. The van der Waals surface area contributed by atoms with Gasteiger partial charge in [-0.25, -0.2) is 4.68 Å². The first-order valence-corrected chi connectivity index (χ1v) is 12.4. The van der Waals surface area contributed by atoms with Crippen molar-refractivity contribution in [2.24, 2.45) is 0 Å². The summed E-state index contributed by atoms with van der Waals surface area (Å²) in [5, 5.41) is 18.9. The van der Waals surface area contributed by atoms with Crippen molar-refractivity contribution in [2.45, 2.75) is 45.7 Å². The lowest BCUT2D eigenvalue weighted by Gasteiger charge is -2.30. The van der Waals surface area contributed by atoms with Crippen LogP contribution < -0.4 is 0 Å². The van der Waals surface area contributed by atoms with Gasteiger partial charge in [0.2, 0.25) is 0 Å². The Kier molecular flexibility index (Phi) is 6.49. The number of rotatable bonds is 6. The Morgan fingerprint density at radius 2 is 1.86 bits per heavy atom. The summed E-state index contributed by atoms with van der Waals surface area (Å²) in [5.74, 6) is -1.24. The van der Waals surface area contributed by atoms with Crippen molar-refractivity contribution in [3.63, 3.8) is 0 Å². The fourth-order valence-electron chi connectivity index (χ4n) is 5.12. The van der Waals surface area contributed by atoms with Gasteiger partial charge in [0.05, 0.1) is 11.9 Å². The van der Waals surface area contributed by atoms with Crippen LogP contribution in [0.3, 0.4) is 0 Å². The van der Waals surface area contributed by atoms with Crippen molar-refractivity contribution in [3.05, 3.63) is 93.0 Å². The lowest BCUT2D eigenvalue weighted by Crippen LogP contribution is -2.36. The van der Waals surface area contributed by atoms with E-state index in [0.717, 1.165) is 39.7 Å². The number of carboxylic acid groups (broad SMARTS) is 1. The van der Waals surface area contributed by atoms with Gasteiger partial charge in [-0.2, -0.15) is 0 Å². The Balaban J connectivity index is 1.49. The molecule has 3 aromatic carbocycles. The number of hydrogen-bond donors (Lipinski definition) is 1. The van der Waals surface area contributed by atoms with Gasteiger partial charge in [0.25, 0.3) is 5.91 Å². The van der Waals surface area contributed by atoms with E-state index in [1.54, 1.807) is 24.3 Å². The number of nitrogens with zero attached hydrogens (tertiary/aromatic N) is 4.